The van der Waals surface area contributed by atoms with Crippen LogP contribution in [0.5, 0.6) is 0 Å². The molecule has 114 valence electrons. The van der Waals surface area contributed by atoms with Gasteiger partial charge in [0.05, 0.1) is 16.7 Å². The second-order valence-electron chi connectivity index (χ2n) is 5.08. The number of carboxylic acid groups (broad SMARTS) is 3. The zero-order valence-electron chi connectivity index (χ0n) is 12.2. The molecule has 2 aromatic rings. The molecule has 6 heteroatoms. The van der Waals surface area contributed by atoms with Crippen LogP contribution in [0.15, 0.2) is 12.1 Å². The third-order valence-corrected chi connectivity index (χ3v) is 3.89. The number of benzene rings is 2. The van der Waals surface area contributed by atoms with Gasteiger partial charge in [0, 0.05) is 0 Å². The van der Waals surface area contributed by atoms with E-state index >= 15 is 0 Å². The molecule has 0 aliphatic rings. The third kappa shape index (κ3) is 2.09. The molecular formula is C16H14O6. The predicted octanol–water partition coefficient (Wildman–Crippen LogP) is 2.86. The lowest BCUT2D eigenvalue weighted by Crippen LogP contribution is -2.12. The topological polar surface area (TPSA) is 112 Å². The lowest BCUT2D eigenvalue weighted by atomic mass is 9.87. The van der Waals surface area contributed by atoms with E-state index in [4.69, 9.17) is 0 Å². The number of rotatable bonds is 3. The fourth-order valence-corrected chi connectivity index (χ4v) is 2.96. The lowest BCUT2D eigenvalue weighted by molar-refractivity contribution is 0.0682. The fourth-order valence-electron chi connectivity index (χ4n) is 2.96. The number of aryl methyl sites for hydroxylation is 2. The molecule has 6 nitrogen and oxygen atoms in total. The van der Waals surface area contributed by atoms with Gasteiger partial charge in [-0.25, -0.2) is 14.4 Å². The number of hydrogen-bond donors (Lipinski definition) is 3. The molecule has 0 aliphatic heterocycles. The summed E-state index contributed by atoms with van der Waals surface area (Å²) in [6, 6.07) is 2.76. The molecule has 0 radical (unpaired) electrons. The van der Waals surface area contributed by atoms with Crippen molar-refractivity contribution >= 4 is 28.7 Å². The summed E-state index contributed by atoms with van der Waals surface area (Å²) in [5, 5.41) is 28.7. The van der Waals surface area contributed by atoms with Crippen LogP contribution in [0, 0.1) is 20.8 Å². The van der Waals surface area contributed by atoms with Crippen molar-refractivity contribution in [3.8, 4) is 0 Å². The molecule has 0 bridgehead atoms. The summed E-state index contributed by atoms with van der Waals surface area (Å²) in [5.41, 5.74) is 0.686. The van der Waals surface area contributed by atoms with Gasteiger partial charge in [-0.3, -0.25) is 0 Å². The summed E-state index contributed by atoms with van der Waals surface area (Å²) in [4.78, 5) is 34.3. The van der Waals surface area contributed by atoms with E-state index in [1.807, 2.05) is 0 Å². The maximum absolute atomic E-state index is 11.5. The Hall–Kier alpha value is -2.89. The minimum Gasteiger partial charge on any atom is -0.478 e. The molecule has 0 aromatic heterocycles. The highest BCUT2D eigenvalue weighted by Gasteiger charge is 2.24. The average Bonchev–Trinajstić information content (AvgIpc) is 2.36. The maximum Gasteiger partial charge on any atom is 0.336 e. The van der Waals surface area contributed by atoms with Gasteiger partial charge >= 0.3 is 17.9 Å². The Kier molecular flexibility index (Phi) is 3.62. The van der Waals surface area contributed by atoms with Crippen LogP contribution >= 0.6 is 0 Å². The fraction of sp³-hybridized carbons (Fsp3) is 0.188. The molecule has 2 rings (SSSR count). The molecule has 0 heterocycles. The van der Waals surface area contributed by atoms with E-state index < -0.39 is 17.9 Å². The smallest absolute Gasteiger partial charge is 0.336 e. The Bertz CT molecular complexity index is 848. The van der Waals surface area contributed by atoms with Gasteiger partial charge in [0.2, 0.25) is 0 Å². The van der Waals surface area contributed by atoms with Gasteiger partial charge in [-0.05, 0) is 54.3 Å². The summed E-state index contributed by atoms with van der Waals surface area (Å²) in [7, 11) is 0. The van der Waals surface area contributed by atoms with E-state index in [1.165, 1.54) is 19.1 Å². The Balaban J connectivity index is 3.15. The predicted molar refractivity (Wildman–Crippen MR) is 79.0 cm³/mol. The van der Waals surface area contributed by atoms with Crippen LogP contribution in [-0.4, -0.2) is 33.2 Å². The first-order chi connectivity index (χ1) is 10.2. The summed E-state index contributed by atoms with van der Waals surface area (Å²) >= 11 is 0. The van der Waals surface area contributed by atoms with E-state index in [-0.39, 0.29) is 22.3 Å². The summed E-state index contributed by atoms with van der Waals surface area (Å²) < 4.78 is 0. The molecule has 3 N–H and O–H groups in total. The van der Waals surface area contributed by atoms with Gasteiger partial charge in [-0.1, -0.05) is 6.07 Å². The van der Waals surface area contributed by atoms with E-state index in [9.17, 15) is 29.7 Å². The maximum atomic E-state index is 11.5. The SMILES string of the molecule is Cc1c(C(=O)O)c(C)c2c(C)c(C(=O)O)ccc2c1C(=O)O. The minimum absolute atomic E-state index is 0.0205. The van der Waals surface area contributed by atoms with Gasteiger partial charge in [-0.15, -0.1) is 0 Å². The quantitative estimate of drug-likeness (QED) is 0.803. The van der Waals surface area contributed by atoms with Gasteiger partial charge in [0.1, 0.15) is 0 Å². The molecule has 0 unspecified atom stereocenters. The van der Waals surface area contributed by atoms with Crippen molar-refractivity contribution < 1.29 is 29.7 Å². The molecule has 22 heavy (non-hydrogen) atoms. The van der Waals surface area contributed by atoms with Crippen LogP contribution in [0.25, 0.3) is 10.8 Å². The van der Waals surface area contributed by atoms with Crippen molar-refractivity contribution in [3.63, 3.8) is 0 Å². The van der Waals surface area contributed by atoms with Crippen LogP contribution in [0.1, 0.15) is 47.8 Å². The normalized spacial score (nSPS) is 10.7. The Morgan fingerprint density at radius 1 is 0.727 bits per heavy atom. The first-order valence-electron chi connectivity index (χ1n) is 6.44. The molecular weight excluding hydrogens is 288 g/mol. The Morgan fingerprint density at radius 3 is 1.73 bits per heavy atom. The van der Waals surface area contributed by atoms with Crippen LogP contribution in [0.3, 0.4) is 0 Å². The molecule has 0 fully saturated rings. The van der Waals surface area contributed by atoms with Gasteiger partial charge in [0.15, 0.2) is 0 Å². The monoisotopic (exact) mass is 302 g/mol. The summed E-state index contributed by atoms with van der Waals surface area (Å²) in [5.74, 6) is -3.62. The van der Waals surface area contributed by atoms with Crippen molar-refractivity contribution in [2.45, 2.75) is 20.8 Å². The zero-order chi connectivity index (χ0) is 16.8. The molecule has 0 saturated heterocycles. The van der Waals surface area contributed by atoms with Crippen molar-refractivity contribution in [3.05, 3.63) is 45.5 Å². The Labute approximate surface area is 125 Å². The van der Waals surface area contributed by atoms with Gasteiger partial charge < -0.3 is 15.3 Å². The van der Waals surface area contributed by atoms with Crippen LogP contribution < -0.4 is 0 Å². The van der Waals surface area contributed by atoms with E-state index in [1.54, 1.807) is 13.8 Å². The number of hydrogen-bond acceptors (Lipinski definition) is 3. The molecule has 0 aliphatic carbocycles. The van der Waals surface area contributed by atoms with Crippen molar-refractivity contribution in [1.29, 1.82) is 0 Å². The Morgan fingerprint density at radius 2 is 1.27 bits per heavy atom. The summed E-state index contributed by atoms with van der Waals surface area (Å²) in [6.45, 7) is 4.55. The molecule has 0 saturated carbocycles. The highest BCUT2D eigenvalue weighted by Crippen LogP contribution is 2.33. The molecule has 2 aromatic carbocycles. The minimum atomic E-state index is -1.24. The van der Waals surface area contributed by atoms with Crippen molar-refractivity contribution in [1.82, 2.24) is 0 Å². The number of carbonyl (C=O) groups is 3. The lowest BCUT2D eigenvalue weighted by Gasteiger charge is -2.17. The standard InChI is InChI=1S/C16H14O6/c1-6-9(14(17)18)4-5-10-11(6)7(2)12(15(19)20)8(3)13(10)16(21)22/h4-5H,1-3H3,(H,17,18)(H,19,20)(H,21,22). The van der Waals surface area contributed by atoms with Gasteiger partial charge in [0.25, 0.3) is 0 Å². The number of fused-ring (bicyclic) bond motifs is 1. The highest BCUT2D eigenvalue weighted by atomic mass is 16.4. The second kappa shape index (κ2) is 5.14. The first kappa shape index (κ1) is 15.5. The van der Waals surface area contributed by atoms with Crippen molar-refractivity contribution in [2.24, 2.45) is 0 Å². The zero-order valence-corrected chi connectivity index (χ0v) is 12.2. The van der Waals surface area contributed by atoms with E-state index in [0.29, 0.717) is 21.9 Å². The van der Waals surface area contributed by atoms with Crippen LogP contribution in [-0.2, 0) is 0 Å². The third-order valence-electron chi connectivity index (χ3n) is 3.89. The average molecular weight is 302 g/mol. The molecule has 0 atom stereocenters. The second-order valence-corrected chi connectivity index (χ2v) is 5.08. The highest BCUT2D eigenvalue weighted by molar-refractivity contribution is 6.13. The van der Waals surface area contributed by atoms with E-state index in [0.717, 1.165) is 0 Å². The number of carboxylic acids is 3. The molecule has 0 amide bonds. The summed E-state index contributed by atoms with van der Waals surface area (Å²) in [6.07, 6.45) is 0. The van der Waals surface area contributed by atoms with Gasteiger partial charge in [-0.2, -0.15) is 0 Å². The van der Waals surface area contributed by atoms with Crippen LogP contribution in [0.4, 0.5) is 0 Å². The van der Waals surface area contributed by atoms with Crippen molar-refractivity contribution in [2.75, 3.05) is 0 Å². The van der Waals surface area contributed by atoms with E-state index in [2.05, 4.69) is 0 Å². The largest absolute Gasteiger partial charge is 0.478 e. The van der Waals surface area contributed by atoms with Crippen LogP contribution in [0.2, 0.25) is 0 Å². The first-order valence-corrected chi connectivity index (χ1v) is 6.44. The molecule has 0 spiro atoms. The number of aromatic carboxylic acids is 3.